The van der Waals surface area contributed by atoms with E-state index in [1.807, 2.05) is 43.3 Å². The minimum Gasteiger partial charge on any atom is -0.459 e. The van der Waals surface area contributed by atoms with Crippen LogP contribution in [0.1, 0.15) is 38.1 Å². The Kier molecular flexibility index (Phi) is 6.99. The van der Waals surface area contributed by atoms with E-state index >= 15 is 0 Å². The summed E-state index contributed by atoms with van der Waals surface area (Å²) in [5.41, 5.74) is 2.96. The van der Waals surface area contributed by atoms with E-state index in [9.17, 15) is 9.59 Å². The van der Waals surface area contributed by atoms with Gasteiger partial charge in [0, 0.05) is 30.9 Å². The fraction of sp³-hybridized carbons (Fsp3) is 0.280. The Morgan fingerprint density at radius 3 is 2.50 bits per heavy atom. The lowest BCUT2D eigenvalue weighted by molar-refractivity contribution is 0.0332. The normalized spacial score (nSPS) is 15.2. The lowest BCUT2D eigenvalue weighted by Crippen LogP contribution is -2.43. The summed E-state index contributed by atoms with van der Waals surface area (Å²) in [6, 6.07) is 18.3. The van der Waals surface area contributed by atoms with Gasteiger partial charge in [0.05, 0.1) is 25.5 Å². The molecule has 1 aliphatic rings. The first kappa shape index (κ1) is 21.8. The zero-order chi connectivity index (χ0) is 22.3. The molecule has 2 N–H and O–H groups in total. The summed E-state index contributed by atoms with van der Waals surface area (Å²) in [7, 11) is 0. The van der Waals surface area contributed by atoms with Crippen LogP contribution in [0.3, 0.4) is 0 Å². The van der Waals surface area contributed by atoms with Crippen LogP contribution in [0.4, 0.5) is 5.69 Å². The summed E-state index contributed by atoms with van der Waals surface area (Å²) >= 11 is 0. The number of morpholine rings is 1. The lowest BCUT2D eigenvalue weighted by atomic mass is 10.0. The Morgan fingerprint density at radius 2 is 1.78 bits per heavy atom. The van der Waals surface area contributed by atoms with Gasteiger partial charge in [-0.05, 0) is 42.3 Å². The van der Waals surface area contributed by atoms with Gasteiger partial charge in [-0.15, -0.1) is 0 Å². The van der Waals surface area contributed by atoms with E-state index in [1.165, 1.54) is 6.26 Å². The first-order valence-electron chi connectivity index (χ1n) is 10.7. The quantitative estimate of drug-likeness (QED) is 0.594. The monoisotopic (exact) mass is 433 g/mol. The summed E-state index contributed by atoms with van der Waals surface area (Å²) in [4.78, 5) is 27.8. The Balaban J connectivity index is 1.50. The van der Waals surface area contributed by atoms with Crippen molar-refractivity contribution in [3.8, 4) is 0 Å². The number of furan rings is 1. The van der Waals surface area contributed by atoms with Crippen molar-refractivity contribution in [1.82, 2.24) is 10.2 Å². The third kappa shape index (κ3) is 5.43. The molecule has 7 heteroatoms. The van der Waals surface area contributed by atoms with Gasteiger partial charge >= 0.3 is 0 Å². The molecule has 7 nitrogen and oxygen atoms in total. The maximum Gasteiger partial charge on any atom is 0.291 e. The molecule has 4 rings (SSSR count). The van der Waals surface area contributed by atoms with Crippen molar-refractivity contribution in [2.24, 2.45) is 0 Å². The summed E-state index contributed by atoms with van der Waals surface area (Å²) in [5.74, 6) is -0.334. The molecule has 0 unspecified atom stereocenters. The van der Waals surface area contributed by atoms with Crippen molar-refractivity contribution < 1.29 is 18.7 Å². The highest BCUT2D eigenvalue weighted by molar-refractivity contribution is 6.04. The standard InChI is InChI=1S/C25H27N3O4/c1-18-9-10-20(16-21(18)26-25(30)23-8-5-13-32-23)24(29)27-22(19-6-3-2-4-7-19)17-28-11-14-31-15-12-28/h2-10,13,16,22H,11-12,14-15,17H2,1H3,(H,26,30)(H,27,29)/t22-/m0/s1. The summed E-state index contributed by atoms with van der Waals surface area (Å²) in [6.07, 6.45) is 1.45. The van der Waals surface area contributed by atoms with Crippen LogP contribution in [0.2, 0.25) is 0 Å². The molecule has 0 spiro atoms. The van der Waals surface area contributed by atoms with Crippen LogP contribution >= 0.6 is 0 Å². The molecule has 2 amide bonds. The van der Waals surface area contributed by atoms with Crippen molar-refractivity contribution in [3.05, 3.63) is 89.4 Å². The van der Waals surface area contributed by atoms with Crippen LogP contribution in [0, 0.1) is 6.92 Å². The molecule has 166 valence electrons. The van der Waals surface area contributed by atoms with Crippen LogP contribution < -0.4 is 10.6 Å². The van der Waals surface area contributed by atoms with Crippen molar-refractivity contribution in [1.29, 1.82) is 0 Å². The number of anilines is 1. The van der Waals surface area contributed by atoms with Crippen LogP contribution in [0.5, 0.6) is 0 Å². The minimum atomic E-state index is -0.356. The molecule has 0 bridgehead atoms. The largest absolute Gasteiger partial charge is 0.459 e. The SMILES string of the molecule is Cc1ccc(C(=O)N[C@@H](CN2CCOCC2)c2ccccc2)cc1NC(=O)c1ccco1. The Morgan fingerprint density at radius 1 is 1.00 bits per heavy atom. The molecule has 0 radical (unpaired) electrons. The number of hydrogen-bond acceptors (Lipinski definition) is 5. The topological polar surface area (TPSA) is 83.8 Å². The second kappa shape index (κ2) is 10.3. The molecule has 3 aromatic rings. The fourth-order valence-corrected chi connectivity index (χ4v) is 3.69. The molecule has 1 aromatic heterocycles. The number of amides is 2. The maximum atomic E-state index is 13.2. The van der Waals surface area contributed by atoms with E-state index in [1.54, 1.807) is 24.3 Å². The zero-order valence-electron chi connectivity index (χ0n) is 18.0. The highest BCUT2D eigenvalue weighted by Gasteiger charge is 2.21. The molecular weight excluding hydrogens is 406 g/mol. The molecular formula is C25H27N3O4. The molecule has 1 fully saturated rings. The van der Waals surface area contributed by atoms with Crippen molar-refractivity contribution >= 4 is 17.5 Å². The van der Waals surface area contributed by atoms with Gasteiger partial charge in [-0.1, -0.05) is 36.4 Å². The van der Waals surface area contributed by atoms with E-state index < -0.39 is 0 Å². The summed E-state index contributed by atoms with van der Waals surface area (Å²) < 4.78 is 10.6. The van der Waals surface area contributed by atoms with E-state index in [2.05, 4.69) is 15.5 Å². The van der Waals surface area contributed by atoms with E-state index in [4.69, 9.17) is 9.15 Å². The Labute approximate surface area is 187 Å². The molecule has 1 atom stereocenters. The number of nitrogens with zero attached hydrogens (tertiary/aromatic N) is 1. The second-order valence-electron chi connectivity index (χ2n) is 7.81. The fourth-order valence-electron chi connectivity index (χ4n) is 3.69. The zero-order valence-corrected chi connectivity index (χ0v) is 18.0. The number of ether oxygens (including phenoxy) is 1. The van der Waals surface area contributed by atoms with Crippen LogP contribution in [-0.2, 0) is 4.74 Å². The number of benzene rings is 2. The van der Waals surface area contributed by atoms with Crippen molar-refractivity contribution in [2.75, 3.05) is 38.2 Å². The number of hydrogen-bond donors (Lipinski definition) is 2. The Hall–Kier alpha value is -3.42. The average Bonchev–Trinajstić information content (AvgIpc) is 3.36. The van der Waals surface area contributed by atoms with Gasteiger partial charge < -0.3 is 19.8 Å². The van der Waals surface area contributed by atoms with Gasteiger partial charge in [0.2, 0.25) is 0 Å². The van der Waals surface area contributed by atoms with Gasteiger partial charge in [-0.3, -0.25) is 14.5 Å². The molecule has 0 aliphatic carbocycles. The molecule has 0 saturated carbocycles. The maximum absolute atomic E-state index is 13.2. The molecule has 1 aliphatic heterocycles. The number of aryl methyl sites for hydroxylation is 1. The average molecular weight is 434 g/mol. The molecule has 2 aromatic carbocycles. The first-order chi connectivity index (χ1) is 15.6. The van der Waals surface area contributed by atoms with E-state index in [-0.39, 0.29) is 23.6 Å². The number of carbonyl (C=O) groups excluding carboxylic acids is 2. The van der Waals surface area contributed by atoms with Crippen molar-refractivity contribution in [2.45, 2.75) is 13.0 Å². The van der Waals surface area contributed by atoms with Crippen molar-refractivity contribution in [3.63, 3.8) is 0 Å². The van der Waals surface area contributed by atoms with E-state index in [0.29, 0.717) is 31.0 Å². The van der Waals surface area contributed by atoms with Crippen LogP contribution in [0.15, 0.2) is 71.3 Å². The van der Waals surface area contributed by atoms with Gasteiger partial charge in [0.25, 0.3) is 11.8 Å². The number of carbonyl (C=O) groups is 2. The number of nitrogens with one attached hydrogen (secondary N) is 2. The van der Waals surface area contributed by atoms with Gasteiger partial charge in [0.15, 0.2) is 5.76 Å². The highest BCUT2D eigenvalue weighted by atomic mass is 16.5. The third-order valence-electron chi connectivity index (χ3n) is 5.54. The Bertz CT molecular complexity index is 1040. The second-order valence-corrected chi connectivity index (χ2v) is 7.81. The predicted molar refractivity (Wildman–Crippen MR) is 122 cm³/mol. The molecule has 1 saturated heterocycles. The summed E-state index contributed by atoms with van der Waals surface area (Å²) in [5, 5.41) is 6.00. The molecule has 2 heterocycles. The van der Waals surface area contributed by atoms with Crippen LogP contribution in [0.25, 0.3) is 0 Å². The lowest BCUT2D eigenvalue weighted by Gasteiger charge is -2.31. The predicted octanol–water partition coefficient (Wildman–Crippen LogP) is 3.64. The smallest absolute Gasteiger partial charge is 0.291 e. The highest BCUT2D eigenvalue weighted by Crippen LogP contribution is 2.20. The number of rotatable bonds is 7. The van der Waals surface area contributed by atoms with E-state index in [0.717, 1.165) is 24.2 Å². The van der Waals surface area contributed by atoms with Gasteiger partial charge in [-0.2, -0.15) is 0 Å². The summed E-state index contributed by atoms with van der Waals surface area (Å²) in [6.45, 7) is 5.66. The van der Waals surface area contributed by atoms with Crippen LogP contribution in [-0.4, -0.2) is 49.6 Å². The third-order valence-corrected chi connectivity index (χ3v) is 5.54. The first-order valence-corrected chi connectivity index (χ1v) is 10.7. The molecule has 32 heavy (non-hydrogen) atoms. The van der Waals surface area contributed by atoms with Gasteiger partial charge in [-0.25, -0.2) is 0 Å². The minimum absolute atomic E-state index is 0.163. The van der Waals surface area contributed by atoms with Gasteiger partial charge in [0.1, 0.15) is 0 Å².